The Morgan fingerprint density at radius 2 is 1.40 bits per heavy atom. The van der Waals surface area contributed by atoms with Gasteiger partial charge in [0, 0.05) is 37.1 Å². The van der Waals surface area contributed by atoms with Crippen molar-refractivity contribution in [1.82, 2.24) is 0 Å². The molecule has 0 saturated heterocycles. The SMILES string of the molecule is C.C.COc1ccc(/C=C/c2cc3[n+](c4ccccc24)CCCc2ccc4c(c2-3)-c2cccc[n+]2CCC4)cc1. The summed E-state index contributed by atoms with van der Waals surface area (Å²) in [6.07, 6.45) is 11.3. The number of fused-ring (bicyclic) bond motifs is 9. The van der Waals surface area contributed by atoms with Crippen molar-refractivity contribution in [3.05, 3.63) is 113 Å². The summed E-state index contributed by atoms with van der Waals surface area (Å²) >= 11 is 0. The van der Waals surface area contributed by atoms with Gasteiger partial charge in [-0.25, -0.2) is 0 Å². The van der Waals surface area contributed by atoms with Crippen molar-refractivity contribution in [3.8, 4) is 28.3 Å². The maximum atomic E-state index is 5.35. The van der Waals surface area contributed by atoms with Crippen LogP contribution in [0.15, 0.2) is 91.1 Å². The highest BCUT2D eigenvalue weighted by molar-refractivity contribution is 5.92. The first-order valence-electron chi connectivity index (χ1n) is 13.7. The zero-order valence-corrected chi connectivity index (χ0v) is 21.9. The van der Waals surface area contributed by atoms with E-state index in [1.54, 1.807) is 7.11 Å². The lowest BCUT2D eigenvalue weighted by Gasteiger charge is -2.15. The van der Waals surface area contributed by atoms with Crippen LogP contribution in [-0.2, 0) is 25.9 Å². The van der Waals surface area contributed by atoms with Crippen LogP contribution in [0.1, 0.15) is 49.9 Å². The fourth-order valence-corrected chi connectivity index (χ4v) is 6.33. The Balaban J connectivity index is 0.00000161. The average Bonchev–Trinajstić information content (AvgIpc) is 3.28. The predicted octanol–water partition coefficient (Wildman–Crippen LogP) is 8.09. The molecule has 40 heavy (non-hydrogen) atoms. The third kappa shape index (κ3) is 4.70. The molecule has 202 valence electrons. The molecule has 0 N–H and O–H groups in total. The van der Waals surface area contributed by atoms with Gasteiger partial charge >= 0.3 is 0 Å². The van der Waals surface area contributed by atoms with Gasteiger partial charge in [0.05, 0.1) is 23.6 Å². The van der Waals surface area contributed by atoms with Gasteiger partial charge < -0.3 is 4.74 Å². The van der Waals surface area contributed by atoms with Gasteiger partial charge in [-0.1, -0.05) is 63.4 Å². The summed E-state index contributed by atoms with van der Waals surface area (Å²) < 4.78 is 10.4. The van der Waals surface area contributed by atoms with Gasteiger partial charge in [0.15, 0.2) is 6.20 Å². The van der Waals surface area contributed by atoms with E-state index in [4.69, 9.17) is 4.74 Å². The van der Waals surface area contributed by atoms with E-state index in [1.807, 2.05) is 12.1 Å². The van der Waals surface area contributed by atoms with Gasteiger partial charge in [0.2, 0.25) is 16.9 Å². The molecule has 0 amide bonds. The van der Waals surface area contributed by atoms with Crippen LogP contribution < -0.4 is 13.9 Å². The number of aromatic nitrogens is 2. The van der Waals surface area contributed by atoms with Crippen molar-refractivity contribution >= 4 is 23.1 Å². The average molecular weight is 529 g/mol. The highest BCUT2D eigenvalue weighted by atomic mass is 16.5. The number of methoxy groups -OCH3 is 1. The lowest BCUT2D eigenvalue weighted by atomic mass is 9.88. The molecule has 0 fully saturated rings. The predicted molar refractivity (Wildman–Crippen MR) is 167 cm³/mol. The van der Waals surface area contributed by atoms with Crippen molar-refractivity contribution in [2.75, 3.05) is 7.11 Å². The third-order valence-corrected chi connectivity index (χ3v) is 8.16. The molecule has 0 atom stereocenters. The third-order valence-electron chi connectivity index (χ3n) is 8.16. The molecule has 4 heterocycles. The van der Waals surface area contributed by atoms with Gasteiger partial charge in [-0.05, 0) is 59.4 Å². The van der Waals surface area contributed by atoms with Gasteiger partial charge in [-0.3, -0.25) is 0 Å². The highest BCUT2D eigenvalue weighted by Crippen LogP contribution is 2.40. The zero-order chi connectivity index (χ0) is 25.5. The van der Waals surface area contributed by atoms with E-state index < -0.39 is 0 Å². The normalized spacial score (nSPS) is 13.5. The number of nitrogens with zero attached hydrogens (tertiary/aromatic N) is 2. The largest absolute Gasteiger partial charge is 0.497 e. The molecule has 2 aromatic heterocycles. The number of benzene rings is 3. The maximum absolute atomic E-state index is 5.35. The molecule has 3 nitrogen and oxygen atoms in total. The second-order valence-corrected chi connectivity index (χ2v) is 10.4. The van der Waals surface area contributed by atoms with Crippen molar-refractivity contribution in [2.24, 2.45) is 0 Å². The number of pyridine rings is 2. The summed E-state index contributed by atoms with van der Waals surface area (Å²) in [6.45, 7) is 2.09. The minimum absolute atomic E-state index is 0. The van der Waals surface area contributed by atoms with E-state index in [0.717, 1.165) is 43.7 Å². The quantitative estimate of drug-likeness (QED) is 0.216. The van der Waals surface area contributed by atoms with Crippen LogP contribution >= 0.6 is 0 Å². The van der Waals surface area contributed by atoms with Crippen LogP contribution in [0.25, 0.3) is 45.6 Å². The molecule has 0 spiro atoms. The summed E-state index contributed by atoms with van der Waals surface area (Å²) in [7, 11) is 1.71. The molecular formula is C37H40N2O+2. The van der Waals surface area contributed by atoms with Crippen molar-refractivity contribution in [3.63, 3.8) is 0 Å². The molecule has 5 aromatic rings. The summed E-state index contributed by atoms with van der Waals surface area (Å²) in [5, 5.41) is 1.29. The minimum Gasteiger partial charge on any atom is -0.497 e. The Morgan fingerprint density at radius 3 is 2.17 bits per heavy atom. The Morgan fingerprint density at radius 1 is 0.700 bits per heavy atom. The van der Waals surface area contributed by atoms with Crippen LogP contribution in [0, 0.1) is 0 Å². The molecule has 3 aromatic carbocycles. The lowest BCUT2D eigenvalue weighted by Crippen LogP contribution is -2.37. The monoisotopic (exact) mass is 528 g/mol. The van der Waals surface area contributed by atoms with Crippen LogP contribution in [-0.4, -0.2) is 7.11 Å². The molecule has 3 heteroatoms. The Bertz CT molecular complexity index is 1700. The Labute approximate surface area is 239 Å². The Hall–Kier alpha value is -4.24. The van der Waals surface area contributed by atoms with Gasteiger partial charge in [0.1, 0.15) is 18.8 Å². The number of ether oxygens (including phenoxy) is 1. The molecule has 2 aliphatic heterocycles. The number of hydrogen-bond acceptors (Lipinski definition) is 1. The van der Waals surface area contributed by atoms with Gasteiger partial charge in [0.25, 0.3) is 0 Å². The van der Waals surface area contributed by atoms with Crippen LogP contribution in [0.4, 0.5) is 0 Å². The summed E-state index contributed by atoms with van der Waals surface area (Å²) in [5.41, 5.74) is 12.2. The van der Waals surface area contributed by atoms with Crippen molar-refractivity contribution < 1.29 is 13.9 Å². The van der Waals surface area contributed by atoms with E-state index in [9.17, 15) is 0 Å². The van der Waals surface area contributed by atoms with Crippen molar-refractivity contribution in [1.29, 1.82) is 0 Å². The molecule has 0 bridgehead atoms. The topological polar surface area (TPSA) is 17.0 Å². The summed E-state index contributed by atoms with van der Waals surface area (Å²) in [5.74, 6) is 0.879. The molecule has 0 radical (unpaired) electrons. The standard InChI is InChI=1S/C35H32N2O.2CH4/c1-38-29-19-14-25(15-20-29)13-16-28-24-33-35-27(9-7-23-37(33)31-11-3-2-10-30(28)31)18-17-26-8-6-22-36-21-5-4-12-32(36)34(26)35;;/h2-5,10-21,24H,6-9,22-23H2,1H3;2*1H4/q+2;;/b16-13+;;. The summed E-state index contributed by atoms with van der Waals surface area (Å²) in [4.78, 5) is 0. The van der Waals surface area contributed by atoms with Crippen LogP contribution in [0.5, 0.6) is 5.75 Å². The fraction of sp³-hybridized carbons (Fsp3) is 0.243. The van der Waals surface area contributed by atoms with Crippen LogP contribution in [0.3, 0.4) is 0 Å². The number of para-hydroxylation sites is 1. The van der Waals surface area contributed by atoms with E-state index in [1.165, 1.54) is 56.5 Å². The zero-order valence-electron chi connectivity index (χ0n) is 21.9. The molecule has 0 unspecified atom stereocenters. The van der Waals surface area contributed by atoms with E-state index in [-0.39, 0.29) is 14.9 Å². The van der Waals surface area contributed by atoms with E-state index in [0.29, 0.717) is 0 Å². The second-order valence-electron chi connectivity index (χ2n) is 10.4. The Kier molecular flexibility index (Phi) is 7.84. The molecule has 0 saturated carbocycles. The van der Waals surface area contributed by atoms with Gasteiger partial charge in [-0.2, -0.15) is 9.13 Å². The summed E-state index contributed by atoms with van der Waals surface area (Å²) in [6, 6.07) is 31.0. The number of rotatable bonds is 3. The first-order valence-corrected chi connectivity index (χ1v) is 13.7. The van der Waals surface area contributed by atoms with Gasteiger partial charge in [-0.15, -0.1) is 0 Å². The minimum atomic E-state index is 0. The molecule has 7 rings (SSSR count). The number of aryl methyl sites for hydroxylation is 4. The highest BCUT2D eigenvalue weighted by Gasteiger charge is 2.32. The van der Waals surface area contributed by atoms with Crippen molar-refractivity contribution in [2.45, 2.75) is 53.6 Å². The first kappa shape index (κ1) is 27.3. The first-order chi connectivity index (χ1) is 18.8. The smallest absolute Gasteiger partial charge is 0.214 e. The van der Waals surface area contributed by atoms with E-state index in [2.05, 4.69) is 100 Å². The van der Waals surface area contributed by atoms with Crippen LogP contribution in [0.2, 0.25) is 0 Å². The fourth-order valence-electron chi connectivity index (χ4n) is 6.33. The lowest BCUT2D eigenvalue weighted by molar-refractivity contribution is -0.686. The maximum Gasteiger partial charge on any atom is 0.214 e. The second kappa shape index (κ2) is 11.5. The number of hydrogen-bond donors (Lipinski definition) is 0. The molecule has 2 aliphatic rings. The molecule has 0 aliphatic carbocycles. The van der Waals surface area contributed by atoms with E-state index >= 15 is 0 Å². The molecular weight excluding hydrogens is 488 g/mol.